The summed E-state index contributed by atoms with van der Waals surface area (Å²) in [4.78, 5) is 13.2. The highest BCUT2D eigenvalue weighted by Crippen LogP contribution is 2.54. The van der Waals surface area contributed by atoms with Gasteiger partial charge in [0.2, 0.25) is 0 Å². The third-order valence-corrected chi connectivity index (χ3v) is 8.01. The zero-order valence-corrected chi connectivity index (χ0v) is 19.7. The van der Waals surface area contributed by atoms with Crippen LogP contribution in [0.4, 0.5) is 0 Å². The summed E-state index contributed by atoms with van der Waals surface area (Å²) in [6.07, 6.45) is 15.8. The Bertz CT molecular complexity index is 879. The molecular weight excluding hydrogens is 376 g/mol. The fourth-order valence-corrected chi connectivity index (χ4v) is 6.21. The van der Waals surface area contributed by atoms with Crippen LogP contribution in [0.15, 0.2) is 42.5 Å². The summed E-state index contributed by atoms with van der Waals surface area (Å²) in [5.74, 6) is 1.12. The lowest BCUT2D eigenvalue weighted by Crippen LogP contribution is -2.25. The smallest absolute Gasteiger partial charge is 0.162 e. The van der Waals surface area contributed by atoms with Crippen LogP contribution in [0.1, 0.15) is 119 Å². The van der Waals surface area contributed by atoms with Crippen LogP contribution >= 0.6 is 0 Å². The van der Waals surface area contributed by atoms with Crippen LogP contribution < -0.4 is 0 Å². The Morgan fingerprint density at radius 1 is 0.871 bits per heavy atom. The Kier molecular flexibility index (Phi) is 7.31. The van der Waals surface area contributed by atoms with Crippen molar-refractivity contribution in [2.24, 2.45) is 5.92 Å². The Balaban J connectivity index is 1.65. The van der Waals surface area contributed by atoms with Gasteiger partial charge in [0.25, 0.3) is 0 Å². The van der Waals surface area contributed by atoms with E-state index < -0.39 is 0 Å². The molecule has 1 saturated carbocycles. The van der Waals surface area contributed by atoms with Gasteiger partial charge in [0, 0.05) is 17.4 Å². The van der Waals surface area contributed by atoms with Crippen molar-refractivity contribution >= 4 is 5.78 Å². The molecule has 2 aromatic rings. The second-order valence-electron chi connectivity index (χ2n) is 10.1. The first-order chi connectivity index (χ1) is 15.2. The highest BCUT2D eigenvalue weighted by atomic mass is 16.1. The average Bonchev–Trinajstić information content (AvgIpc) is 3.10. The van der Waals surface area contributed by atoms with Crippen molar-refractivity contribution in [3.8, 4) is 11.1 Å². The number of fused-ring (bicyclic) bond motifs is 3. The van der Waals surface area contributed by atoms with Gasteiger partial charge in [0.15, 0.2) is 5.78 Å². The predicted molar refractivity (Wildman–Crippen MR) is 132 cm³/mol. The second kappa shape index (κ2) is 10.2. The highest BCUT2D eigenvalue weighted by Gasteiger charge is 2.42. The molecule has 4 rings (SSSR count). The van der Waals surface area contributed by atoms with E-state index in [9.17, 15) is 4.79 Å². The molecule has 0 amide bonds. The average molecular weight is 417 g/mol. The van der Waals surface area contributed by atoms with Gasteiger partial charge >= 0.3 is 0 Å². The number of ketones is 1. The van der Waals surface area contributed by atoms with Crippen molar-refractivity contribution < 1.29 is 4.79 Å². The zero-order chi connectivity index (χ0) is 21.7. The Morgan fingerprint density at radius 2 is 1.55 bits per heavy atom. The van der Waals surface area contributed by atoms with Gasteiger partial charge in [-0.1, -0.05) is 108 Å². The number of hydrogen-bond donors (Lipinski definition) is 0. The van der Waals surface area contributed by atoms with Crippen molar-refractivity contribution in [2.75, 3.05) is 0 Å². The Morgan fingerprint density at radius 3 is 2.26 bits per heavy atom. The monoisotopic (exact) mass is 416 g/mol. The van der Waals surface area contributed by atoms with Gasteiger partial charge in [-0.05, 0) is 53.5 Å². The number of hydrogen-bond acceptors (Lipinski definition) is 1. The third kappa shape index (κ3) is 4.52. The van der Waals surface area contributed by atoms with Gasteiger partial charge < -0.3 is 0 Å². The molecular formula is C30H40O. The maximum absolute atomic E-state index is 13.2. The van der Waals surface area contributed by atoms with Crippen LogP contribution in [0.2, 0.25) is 0 Å². The zero-order valence-electron chi connectivity index (χ0n) is 19.7. The summed E-state index contributed by atoms with van der Waals surface area (Å²) in [6, 6.07) is 15.7. The molecule has 1 nitrogen and oxygen atoms in total. The molecule has 0 atom stereocenters. The SMILES string of the molecule is CCCCC1(CCCC)c2ccccc2-c2ccc(C(=O)CCC3CCCCC3)cc21. The van der Waals surface area contributed by atoms with Crippen molar-refractivity contribution in [1.29, 1.82) is 0 Å². The fraction of sp³-hybridized carbons (Fsp3) is 0.567. The Labute approximate surface area is 189 Å². The quantitative estimate of drug-likeness (QED) is 0.353. The third-order valence-electron chi connectivity index (χ3n) is 8.01. The molecule has 2 aliphatic carbocycles. The molecule has 2 aliphatic rings. The van der Waals surface area contributed by atoms with E-state index in [0.29, 0.717) is 12.2 Å². The van der Waals surface area contributed by atoms with Gasteiger partial charge in [0.1, 0.15) is 0 Å². The minimum atomic E-state index is 0.0810. The topological polar surface area (TPSA) is 17.1 Å². The van der Waals surface area contributed by atoms with Crippen molar-refractivity contribution in [3.05, 3.63) is 59.2 Å². The summed E-state index contributed by atoms with van der Waals surface area (Å²) >= 11 is 0. The summed E-state index contributed by atoms with van der Waals surface area (Å²) < 4.78 is 0. The van der Waals surface area contributed by atoms with E-state index in [1.54, 1.807) is 0 Å². The van der Waals surface area contributed by atoms with Gasteiger partial charge in [-0.25, -0.2) is 0 Å². The molecule has 0 bridgehead atoms. The number of rotatable bonds is 10. The van der Waals surface area contributed by atoms with E-state index in [1.807, 2.05) is 0 Å². The number of unbranched alkanes of at least 4 members (excludes halogenated alkanes) is 2. The van der Waals surface area contributed by atoms with Crippen molar-refractivity contribution in [1.82, 2.24) is 0 Å². The van der Waals surface area contributed by atoms with E-state index in [2.05, 4.69) is 56.3 Å². The standard InChI is InChI=1S/C30H40O/c1-3-5-20-30(21-6-4-2)27-15-11-10-14-25(27)26-18-17-24(22-28(26)30)29(31)19-16-23-12-8-7-9-13-23/h10-11,14-15,17-18,22-23H,3-9,12-13,16,19-21H2,1-2H3. The van der Waals surface area contributed by atoms with Crippen LogP contribution in [-0.4, -0.2) is 5.78 Å². The molecule has 0 spiro atoms. The molecule has 1 fully saturated rings. The normalized spacial score (nSPS) is 17.4. The summed E-state index contributed by atoms with van der Waals surface area (Å²) in [5, 5.41) is 0. The lowest BCUT2D eigenvalue weighted by atomic mass is 9.70. The summed E-state index contributed by atoms with van der Waals surface area (Å²) in [6.45, 7) is 4.58. The molecule has 0 heterocycles. The second-order valence-corrected chi connectivity index (χ2v) is 10.1. The molecule has 2 aromatic carbocycles. The lowest BCUT2D eigenvalue weighted by Gasteiger charge is -2.33. The number of carbonyl (C=O) groups is 1. The summed E-state index contributed by atoms with van der Waals surface area (Å²) in [5.41, 5.74) is 6.72. The van der Waals surface area contributed by atoms with Gasteiger partial charge in [0.05, 0.1) is 0 Å². The summed E-state index contributed by atoms with van der Waals surface area (Å²) in [7, 11) is 0. The van der Waals surface area contributed by atoms with Gasteiger partial charge in [-0.15, -0.1) is 0 Å². The molecule has 0 saturated heterocycles. The van der Waals surface area contributed by atoms with E-state index >= 15 is 0 Å². The lowest BCUT2D eigenvalue weighted by molar-refractivity contribution is 0.0970. The van der Waals surface area contributed by atoms with Crippen molar-refractivity contribution in [3.63, 3.8) is 0 Å². The maximum atomic E-state index is 13.2. The van der Waals surface area contributed by atoms with E-state index in [0.717, 1.165) is 17.9 Å². The van der Waals surface area contributed by atoms with Crippen LogP contribution in [0.3, 0.4) is 0 Å². The molecule has 1 heteroatoms. The molecule has 0 aliphatic heterocycles. The first kappa shape index (κ1) is 22.3. The first-order valence-electron chi connectivity index (χ1n) is 13.0. The minimum Gasteiger partial charge on any atom is -0.294 e. The van der Waals surface area contributed by atoms with Crippen molar-refractivity contribution in [2.45, 2.75) is 103 Å². The van der Waals surface area contributed by atoms with Crippen LogP contribution in [0.25, 0.3) is 11.1 Å². The number of benzene rings is 2. The fourth-order valence-electron chi connectivity index (χ4n) is 6.21. The maximum Gasteiger partial charge on any atom is 0.162 e. The molecule has 31 heavy (non-hydrogen) atoms. The van der Waals surface area contributed by atoms with Gasteiger partial charge in [-0.2, -0.15) is 0 Å². The van der Waals surface area contributed by atoms with E-state index in [-0.39, 0.29) is 5.41 Å². The number of Topliss-reactive ketones (excluding diaryl/α,β-unsaturated/α-hetero) is 1. The van der Waals surface area contributed by atoms with E-state index in [4.69, 9.17) is 0 Å². The van der Waals surface area contributed by atoms with Crippen LogP contribution in [-0.2, 0) is 5.41 Å². The molecule has 0 N–H and O–H groups in total. The molecule has 0 aromatic heterocycles. The minimum absolute atomic E-state index is 0.0810. The number of carbonyl (C=O) groups excluding carboxylic acids is 1. The van der Waals surface area contributed by atoms with Gasteiger partial charge in [-0.3, -0.25) is 4.79 Å². The van der Waals surface area contributed by atoms with E-state index in [1.165, 1.54) is 92.9 Å². The molecule has 0 unspecified atom stereocenters. The molecule has 0 radical (unpaired) electrons. The highest BCUT2D eigenvalue weighted by molar-refractivity contribution is 5.97. The van der Waals surface area contributed by atoms with Crippen LogP contribution in [0.5, 0.6) is 0 Å². The predicted octanol–water partition coefficient (Wildman–Crippen LogP) is 8.88. The Hall–Kier alpha value is -1.89. The molecule has 166 valence electrons. The largest absolute Gasteiger partial charge is 0.294 e. The van der Waals surface area contributed by atoms with Crippen LogP contribution in [0, 0.1) is 5.92 Å². The first-order valence-corrected chi connectivity index (χ1v) is 13.0.